The van der Waals surface area contributed by atoms with Gasteiger partial charge in [0.05, 0.1) is 0 Å². The third kappa shape index (κ3) is 5.50. The van der Waals surface area contributed by atoms with E-state index in [1.165, 1.54) is 0 Å². The summed E-state index contributed by atoms with van der Waals surface area (Å²) in [5.74, 6) is 1.67. The highest BCUT2D eigenvalue weighted by molar-refractivity contribution is 5.90. The fraction of sp³-hybridized carbons (Fsp3) is 0.350. The molecule has 0 saturated carbocycles. The van der Waals surface area contributed by atoms with Gasteiger partial charge in [0, 0.05) is 18.7 Å². The Kier molecular flexibility index (Phi) is 6.29. The molecule has 2 N–H and O–H groups in total. The lowest BCUT2D eigenvalue weighted by Gasteiger charge is -2.26. The van der Waals surface area contributed by atoms with Crippen molar-refractivity contribution >= 4 is 11.6 Å². The third-order valence-corrected chi connectivity index (χ3v) is 4.00. The molecule has 25 heavy (non-hydrogen) atoms. The Morgan fingerprint density at radius 1 is 1.00 bits per heavy atom. The molecule has 0 aromatic heterocycles. The van der Waals surface area contributed by atoms with Crippen LogP contribution in [0.4, 0.5) is 5.69 Å². The minimum absolute atomic E-state index is 0.0243. The van der Waals surface area contributed by atoms with E-state index in [0.717, 1.165) is 43.1 Å². The lowest BCUT2D eigenvalue weighted by atomic mass is 10.2. The van der Waals surface area contributed by atoms with Crippen LogP contribution in [-0.4, -0.2) is 31.7 Å². The van der Waals surface area contributed by atoms with Gasteiger partial charge in [-0.2, -0.15) is 0 Å². The van der Waals surface area contributed by atoms with Crippen LogP contribution < -0.4 is 20.1 Å². The zero-order valence-corrected chi connectivity index (χ0v) is 14.2. The number of carbonyl (C=O) groups is 1. The Labute approximate surface area is 148 Å². The van der Waals surface area contributed by atoms with Gasteiger partial charge in [-0.05, 0) is 43.7 Å². The number of amides is 1. The number of benzene rings is 2. The average molecular weight is 340 g/mol. The molecule has 1 unspecified atom stereocenters. The maximum Gasteiger partial charge on any atom is 0.224 e. The van der Waals surface area contributed by atoms with Gasteiger partial charge in [-0.3, -0.25) is 4.79 Å². The first-order chi connectivity index (χ1) is 12.3. The van der Waals surface area contributed by atoms with Crippen molar-refractivity contribution in [2.75, 3.05) is 25.0 Å². The molecular formula is C20H24N2O3. The van der Waals surface area contributed by atoms with Gasteiger partial charge in [0.25, 0.3) is 0 Å². The summed E-state index contributed by atoms with van der Waals surface area (Å²) in [7, 11) is 0. The molecule has 5 nitrogen and oxygen atoms in total. The molecule has 2 aromatic carbocycles. The highest BCUT2D eigenvalue weighted by atomic mass is 16.6. The summed E-state index contributed by atoms with van der Waals surface area (Å²) in [6.07, 6.45) is 2.37. The molecule has 132 valence electrons. The van der Waals surface area contributed by atoms with E-state index in [1.807, 2.05) is 54.6 Å². The van der Waals surface area contributed by atoms with E-state index in [1.54, 1.807) is 0 Å². The van der Waals surface area contributed by atoms with Gasteiger partial charge >= 0.3 is 0 Å². The van der Waals surface area contributed by atoms with Gasteiger partial charge in [-0.15, -0.1) is 0 Å². The molecule has 2 aromatic rings. The summed E-state index contributed by atoms with van der Waals surface area (Å²) in [6, 6.07) is 17.3. The highest BCUT2D eigenvalue weighted by Crippen LogP contribution is 2.30. The Bertz CT molecular complexity index is 676. The van der Waals surface area contributed by atoms with Crippen LogP contribution in [0, 0.1) is 0 Å². The molecule has 0 radical (unpaired) electrons. The van der Waals surface area contributed by atoms with Crippen molar-refractivity contribution in [2.24, 2.45) is 0 Å². The molecule has 0 fully saturated rings. The van der Waals surface area contributed by atoms with Crippen molar-refractivity contribution in [3.63, 3.8) is 0 Å². The first-order valence-electron chi connectivity index (χ1n) is 8.75. The molecule has 0 bridgehead atoms. The Hall–Kier alpha value is -2.53. The van der Waals surface area contributed by atoms with Crippen molar-refractivity contribution in [1.82, 2.24) is 5.32 Å². The largest absolute Gasteiger partial charge is 0.486 e. The number of nitrogens with one attached hydrogen (secondary N) is 2. The summed E-state index contributed by atoms with van der Waals surface area (Å²) >= 11 is 0. The van der Waals surface area contributed by atoms with Crippen LogP contribution in [0.1, 0.15) is 19.3 Å². The zero-order chi connectivity index (χ0) is 17.3. The zero-order valence-electron chi connectivity index (χ0n) is 14.2. The maximum atomic E-state index is 11.8. The van der Waals surface area contributed by atoms with Crippen molar-refractivity contribution in [3.05, 3.63) is 54.6 Å². The van der Waals surface area contributed by atoms with E-state index in [4.69, 9.17) is 9.47 Å². The first kappa shape index (κ1) is 17.3. The van der Waals surface area contributed by atoms with Crippen LogP contribution in [0.5, 0.6) is 11.5 Å². The van der Waals surface area contributed by atoms with Gasteiger partial charge < -0.3 is 20.1 Å². The number of carbonyl (C=O) groups excluding carboxylic acids is 1. The monoisotopic (exact) mass is 340 g/mol. The summed E-state index contributed by atoms with van der Waals surface area (Å²) in [5.41, 5.74) is 0.848. The summed E-state index contributed by atoms with van der Waals surface area (Å²) in [4.78, 5) is 11.8. The first-order valence-corrected chi connectivity index (χ1v) is 8.75. The van der Waals surface area contributed by atoms with E-state index in [2.05, 4.69) is 10.6 Å². The second-order valence-electron chi connectivity index (χ2n) is 6.07. The number of para-hydroxylation sites is 3. The fourth-order valence-corrected chi connectivity index (χ4v) is 2.71. The maximum absolute atomic E-state index is 11.8. The summed E-state index contributed by atoms with van der Waals surface area (Å²) in [6.45, 7) is 2.16. The average Bonchev–Trinajstić information content (AvgIpc) is 2.65. The van der Waals surface area contributed by atoms with E-state index in [0.29, 0.717) is 13.0 Å². The molecule has 0 saturated heterocycles. The molecule has 5 heteroatoms. The molecule has 1 aliphatic rings. The van der Waals surface area contributed by atoms with Crippen LogP contribution >= 0.6 is 0 Å². The number of anilines is 1. The van der Waals surface area contributed by atoms with Crippen molar-refractivity contribution < 1.29 is 14.3 Å². The minimum atomic E-state index is 0.0243. The number of fused-ring (bicyclic) bond motifs is 1. The number of hydrogen-bond acceptors (Lipinski definition) is 4. The van der Waals surface area contributed by atoms with E-state index >= 15 is 0 Å². The van der Waals surface area contributed by atoms with Gasteiger partial charge in [-0.25, -0.2) is 0 Å². The lowest BCUT2D eigenvalue weighted by Crippen LogP contribution is -2.38. The molecule has 1 heterocycles. The smallest absolute Gasteiger partial charge is 0.224 e. The third-order valence-electron chi connectivity index (χ3n) is 4.00. The van der Waals surface area contributed by atoms with E-state index in [-0.39, 0.29) is 12.0 Å². The molecule has 1 aliphatic heterocycles. The Morgan fingerprint density at radius 2 is 1.76 bits per heavy atom. The van der Waals surface area contributed by atoms with Gasteiger partial charge in [0.15, 0.2) is 11.5 Å². The Morgan fingerprint density at radius 3 is 2.60 bits per heavy atom. The molecular weight excluding hydrogens is 316 g/mol. The van der Waals surface area contributed by atoms with Gasteiger partial charge in [0.2, 0.25) is 5.91 Å². The predicted molar refractivity (Wildman–Crippen MR) is 98.1 cm³/mol. The van der Waals surface area contributed by atoms with Crippen molar-refractivity contribution in [3.8, 4) is 11.5 Å². The predicted octanol–water partition coefficient (Wildman–Crippen LogP) is 3.23. The number of rotatable bonds is 8. The van der Waals surface area contributed by atoms with E-state index in [9.17, 15) is 4.79 Å². The Balaban J connectivity index is 1.25. The quantitative estimate of drug-likeness (QED) is 0.725. The minimum Gasteiger partial charge on any atom is -0.486 e. The molecule has 3 rings (SSSR count). The van der Waals surface area contributed by atoms with Crippen LogP contribution in [0.3, 0.4) is 0 Å². The second-order valence-corrected chi connectivity index (χ2v) is 6.07. The van der Waals surface area contributed by atoms with Gasteiger partial charge in [-0.1, -0.05) is 30.3 Å². The van der Waals surface area contributed by atoms with Crippen LogP contribution in [0.25, 0.3) is 0 Å². The van der Waals surface area contributed by atoms with Crippen LogP contribution in [-0.2, 0) is 4.79 Å². The van der Waals surface area contributed by atoms with E-state index < -0.39 is 0 Å². The van der Waals surface area contributed by atoms with Crippen LogP contribution in [0.2, 0.25) is 0 Å². The highest BCUT2D eigenvalue weighted by Gasteiger charge is 2.19. The lowest BCUT2D eigenvalue weighted by molar-refractivity contribution is -0.116. The topological polar surface area (TPSA) is 59.6 Å². The second kappa shape index (κ2) is 9.08. The SMILES string of the molecule is O=C(CCCCNCC1COc2ccccc2O1)Nc1ccccc1. The van der Waals surface area contributed by atoms with Crippen molar-refractivity contribution in [2.45, 2.75) is 25.4 Å². The number of ether oxygens (including phenoxy) is 2. The summed E-state index contributed by atoms with van der Waals surface area (Å²) in [5, 5.41) is 6.27. The number of hydrogen-bond donors (Lipinski definition) is 2. The number of unbranched alkanes of at least 4 members (excludes halogenated alkanes) is 1. The molecule has 1 atom stereocenters. The van der Waals surface area contributed by atoms with Crippen molar-refractivity contribution in [1.29, 1.82) is 0 Å². The summed E-state index contributed by atoms with van der Waals surface area (Å²) < 4.78 is 11.6. The van der Waals surface area contributed by atoms with Crippen LogP contribution in [0.15, 0.2) is 54.6 Å². The molecule has 0 spiro atoms. The van der Waals surface area contributed by atoms with Gasteiger partial charge in [0.1, 0.15) is 12.7 Å². The normalized spacial score (nSPS) is 15.6. The fourth-order valence-electron chi connectivity index (χ4n) is 2.71. The standard InChI is InChI=1S/C20H24N2O3/c23-20(22-16-8-2-1-3-9-16)12-6-7-13-21-14-17-15-24-18-10-4-5-11-19(18)25-17/h1-5,8-11,17,21H,6-7,12-15H2,(H,22,23). The molecule has 1 amide bonds. The molecule has 0 aliphatic carbocycles.